The van der Waals surface area contributed by atoms with E-state index in [4.69, 9.17) is 9.47 Å². The van der Waals surface area contributed by atoms with Crippen LogP contribution in [0.4, 0.5) is 5.69 Å². The van der Waals surface area contributed by atoms with Crippen LogP contribution in [0.3, 0.4) is 0 Å². The van der Waals surface area contributed by atoms with Gasteiger partial charge in [0.15, 0.2) is 23.0 Å². The molecule has 10 nitrogen and oxygen atoms in total. The van der Waals surface area contributed by atoms with Crippen LogP contribution >= 0.6 is 11.8 Å². The molecule has 5 rings (SSSR count). The van der Waals surface area contributed by atoms with E-state index in [-0.39, 0.29) is 22.7 Å². The van der Waals surface area contributed by atoms with Crippen LogP contribution in [0.15, 0.2) is 63.1 Å². The molecule has 0 aliphatic carbocycles. The van der Waals surface area contributed by atoms with E-state index in [2.05, 4.69) is 15.3 Å². The van der Waals surface area contributed by atoms with Gasteiger partial charge in [0.25, 0.3) is 5.56 Å². The van der Waals surface area contributed by atoms with Gasteiger partial charge in [0.2, 0.25) is 5.91 Å². The molecule has 1 aliphatic rings. The number of carbonyl (C=O) groups excluding carboxylic acids is 1. The maximum atomic E-state index is 13.0. The summed E-state index contributed by atoms with van der Waals surface area (Å²) >= 11 is 1.10. The lowest BCUT2D eigenvalue weighted by atomic mass is 10.2. The Bertz CT molecular complexity index is 1570. The monoisotopic (exact) mass is 491 g/mol. The van der Waals surface area contributed by atoms with Gasteiger partial charge < -0.3 is 14.8 Å². The lowest BCUT2D eigenvalue weighted by Gasteiger charge is -2.19. The lowest BCUT2D eigenvalue weighted by Crippen LogP contribution is -2.37. The topological polar surface area (TPSA) is 117 Å². The second kappa shape index (κ2) is 9.26. The Morgan fingerprint density at radius 3 is 2.51 bits per heavy atom. The molecule has 0 spiro atoms. The molecule has 2 aromatic carbocycles. The molecule has 1 aliphatic heterocycles. The number of nitrogens with one attached hydrogen (secondary N) is 1. The van der Waals surface area contributed by atoms with Crippen molar-refractivity contribution in [3.8, 4) is 22.9 Å². The Labute approximate surface area is 203 Å². The zero-order chi connectivity index (χ0) is 24.5. The summed E-state index contributed by atoms with van der Waals surface area (Å²) in [5, 5.41) is 3.33. The quantitative estimate of drug-likeness (QED) is 0.334. The molecule has 0 bridgehead atoms. The van der Waals surface area contributed by atoms with Gasteiger partial charge in [-0.25, -0.2) is 14.8 Å². The molecule has 0 atom stereocenters. The molecule has 1 amide bonds. The molecule has 0 saturated carbocycles. The van der Waals surface area contributed by atoms with Crippen LogP contribution in [0.25, 0.3) is 22.4 Å². The fraction of sp³-hybridized carbons (Fsp3) is 0.208. The van der Waals surface area contributed by atoms with Gasteiger partial charge in [-0.05, 0) is 12.1 Å². The Hall–Kier alpha value is -4.12. The summed E-state index contributed by atoms with van der Waals surface area (Å²) in [6, 6.07) is 14.4. The maximum Gasteiger partial charge on any atom is 0.332 e. The first-order valence-corrected chi connectivity index (χ1v) is 11.8. The van der Waals surface area contributed by atoms with Crippen LogP contribution in [0.5, 0.6) is 11.5 Å². The second-order valence-corrected chi connectivity index (χ2v) is 8.78. The minimum Gasteiger partial charge on any atom is -0.486 e. The first-order valence-electron chi connectivity index (χ1n) is 10.8. The normalized spacial score (nSPS) is 12.5. The fourth-order valence-electron chi connectivity index (χ4n) is 3.70. The van der Waals surface area contributed by atoms with Crippen molar-refractivity contribution >= 4 is 34.4 Å². The Kier molecular flexibility index (Phi) is 6.00. The van der Waals surface area contributed by atoms with Gasteiger partial charge in [0, 0.05) is 31.4 Å². The summed E-state index contributed by atoms with van der Waals surface area (Å²) in [6.07, 6.45) is 0. The molecule has 35 heavy (non-hydrogen) atoms. The molecule has 0 saturated heterocycles. The molecular formula is C24H21N5O5S. The number of thioether (sulfide) groups is 1. The number of hydrogen-bond acceptors (Lipinski definition) is 8. The van der Waals surface area contributed by atoms with Gasteiger partial charge in [-0.2, -0.15) is 0 Å². The average molecular weight is 492 g/mol. The Morgan fingerprint density at radius 1 is 1.00 bits per heavy atom. The van der Waals surface area contributed by atoms with Crippen molar-refractivity contribution in [2.45, 2.75) is 5.03 Å². The minimum atomic E-state index is -0.516. The number of fused-ring (bicyclic) bond motifs is 2. The predicted octanol–water partition coefficient (Wildman–Crippen LogP) is 2.20. The number of hydrogen-bond donors (Lipinski definition) is 1. The van der Waals surface area contributed by atoms with E-state index < -0.39 is 11.2 Å². The van der Waals surface area contributed by atoms with E-state index in [1.165, 1.54) is 11.6 Å². The van der Waals surface area contributed by atoms with Crippen LogP contribution in [-0.4, -0.2) is 44.0 Å². The molecule has 0 fully saturated rings. The van der Waals surface area contributed by atoms with Gasteiger partial charge in [-0.1, -0.05) is 42.1 Å². The summed E-state index contributed by atoms with van der Waals surface area (Å²) in [5.74, 6) is 1.25. The first kappa shape index (κ1) is 22.7. The number of benzene rings is 2. The average Bonchev–Trinajstić information content (AvgIpc) is 2.89. The van der Waals surface area contributed by atoms with E-state index in [0.29, 0.717) is 41.3 Å². The standard InChI is InChI=1S/C24H21N5O5S/c1-28-21-19(23(31)29(2)24(28)32)22(27-20(26-21)14-6-4-3-5-7-14)35-13-18(30)25-15-8-9-16-17(12-15)34-11-10-33-16/h3-9,12H,10-11,13H2,1-2H3,(H,25,30). The smallest absolute Gasteiger partial charge is 0.332 e. The third kappa shape index (κ3) is 4.37. The van der Waals surface area contributed by atoms with Crippen molar-refractivity contribution in [3.05, 3.63) is 69.4 Å². The zero-order valence-corrected chi connectivity index (χ0v) is 19.8. The summed E-state index contributed by atoms with van der Waals surface area (Å²) < 4.78 is 13.4. The van der Waals surface area contributed by atoms with E-state index in [9.17, 15) is 14.4 Å². The number of nitrogens with zero attached hydrogens (tertiary/aromatic N) is 4. The van der Waals surface area contributed by atoms with E-state index in [0.717, 1.165) is 21.9 Å². The van der Waals surface area contributed by atoms with E-state index in [1.807, 2.05) is 30.3 Å². The highest BCUT2D eigenvalue weighted by Gasteiger charge is 2.19. The van der Waals surface area contributed by atoms with Crippen LogP contribution in [-0.2, 0) is 18.9 Å². The molecule has 0 unspecified atom stereocenters. The zero-order valence-electron chi connectivity index (χ0n) is 19.0. The van der Waals surface area contributed by atoms with Gasteiger partial charge >= 0.3 is 5.69 Å². The number of aromatic nitrogens is 4. The van der Waals surface area contributed by atoms with Crippen LogP contribution in [0.2, 0.25) is 0 Å². The number of ether oxygens (including phenoxy) is 2. The highest BCUT2D eigenvalue weighted by atomic mass is 32.2. The fourth-order valence-corrected chi connectivity index (χ4v) is 4.52. The van der Waals surface area contributed by atoms with Crippen molar-refractivity contribution in [3.63, 3.8) is 0 Å². The molecule has 0 radical (unpaired) electrons. The molecule has 11 heteroatoms. The summed E-state index contributed by atoms with van der Waals surface area (Å²) in [7, 11) is 2.95. The minimum absolute atomic E-state index is 0.0131. The molecule has 4 aromatic rings. The second-order valence-electron chi connectivity index (χ2n) is 7.82. The van der Waals surface area contributed by atoms with Gasteiger partial charge in [-0.15, -0.1) is 0 Å². The Morgan fingerprint density at radius 2 is 1.74 bits per heavy atom. The van der Waals surface area contributed by atoms with Crippen molar-refractivity contribution in [2.75, 3.05) is 24.3 Å². The Balaban J connectivity index is 1.47. The third-order valence-corrected chi connectivity index (χ3v) is 6.44. The van der Waals surface area contributed by atoms with Crippen LogP contribution in [0.1, 0.15) is 0 Å². The largest absolute Gasteiger partial charge is 0.486 e. The van der Waals surface area contributed by atoms with Gasteiger partial charge in [-0.3, -0.25) is 18.7 Å². The van der Waals surface area contributed by atoms with Crippen LogP contribution < -0.4 is 26.0 Å². The molecular weight excluding hydrogens is 470 g/mol. The highest BCUT2D eigenvalue weighted by Crippen LogP contribution is 2.33. The van der Waals surface area contributed by atoms with Crippen molar-refractivity contribution in [1.82, 2.24) is 19.1 Å². The van der Waals surface area contributed by atoms with Gasteiger partial charge in [0.05, 0.1) is 5.75 Å². The first-order chi connectivity index (χ1) is 16.9. The number of rotatable bonds is 5. The maximum absolute atomic E-state index is 13.0. The lowest BCUT2D eigenvalue weighted by molar-refractivity contribution is -0.113. The van der Waals surface area contributed by atoms with Crippen LogP contribution in [0, 0.1) is 0 Å². The summed E-state index contributed by atoms with van der Waals surface area (Å²) in [5.41, 5.74) is 0.493. The SMILES string of the molecule is Cn1c(=O)c2c(SCC(=O)Nc3ccc4c(c3)OCCO4)nc(-c3ccccc3)nc2n(C)c1=O. The van der Waals surface area contributed by atoms with E-state index >= 15 is 0 Å². The number of carbonyl (C=O) groups is 1. The number of amides is 1. The number of aryl methyl sites for hydroxylation is 1. The van der Waals surface area contributed by atoms with Crippen molar-refractivity contribution < 1.29 is 14.3 Å². The van der Waals surface area contributed by atoms with Crippen molar-refractivity contribution in [1.29, 1.82) is 0 Å². The number of anilines is 1. The predicted molar refractivity (Wildman–Crippen MR) is 132 cm³/mol. The highest BCUT2D eigenvalue weighted by molar-refractivity contribution is 8.00. The molecule has 2 aromatic heterocycles. The molecule has 178 valence electrons. The molecule has 3 heterocycles. The summed E-state index contributed by atoms with van der Waals surface area (Å²) in [6.45, 7) is 0.931. The van der Waals surface area contributed by atoms with E-state index in [1.54, 1.807) is 25.2 Å². The third-order valence-electron chi connectivity index (χ3n) is 5.46. The van der Waals surface area contributed by atoms with Gasteiger partial charge in [0.1, 0.15) is 23.6 Å². The van der Waals surface area contributed by atoms with Crippen molar-refractivity contribution in [2.24, 2.45) is 14.1 Å². The summed E-state index contributed by atoms with van der Waals surface area (Å²) in [4.78, 5) is 47.3. The molecule has 1 N–H and O–H groups in total.